The van der Waals surface area contributed by atoms with Gasteiger partial charge in [-0.15, -0.1) is 12.4 Å². The van der Waals surface area contributed by atoms with E-state index in [1.165, 1.54) is 0 Å². The monoisotopic (exact) mass is 337 g/mol. The number of amides is 2. The van der Waals surface area contributed by atoms with Crippen molar-refractivity contribution in [1.82, 2.24) is 4.90 Å². The molecule has 5 nitrogen and oxygen atoms in total. The first kappa shape index (κ1) is 17.8. The minimum absolute atomic E-state index is 0. The predicted octanol–water partition coefficient (Wildman–Crippen LogP) is 2.05. The smallest absolute Gasteiger partial charge is 0.253 e. The SMILES string of the molecule is CC1(CN)CCN(C(=O)c2ccc(N3CCCC3=O)cc2)C1.Cl. The highest BCUT2D eigenvalue weighted by molar-refractivity contribution is 5.97. The largest absolute Gasteiger partial charge is 0.338 e. The molecule has 1 atom stereocenters. The second kappa shape index (κ2) is 6.89. The Bertz CT molecular complexity index is 590. The molecule has 1 aromatic carbocycles. The van der Waals surface area contributed by atoms with Crippen molar-refractivity contribution in [3.05, 3.63) is 29.8 Å². The van der Waals surface area contributed by atoms with Gasteiger partial charge in [0.1, 0.15) is 0 Å². The molecule has 0 aliphatic carbocycles. The number of hydrogen-bond acceptors (Lipinski definition) is 3. The van der Waals surface area contributed by atoms with Gasteiger partial charge in [-0.3, -0.25) is 9.59 Å². The Kier molecular flexibility index (Phi) is 5.32. The quantitative estimate of drug-likeness (QED) is 0.918. The summed E-state index contributed by atoms with van der Waals surface area (Å²) in [6.07, 6.45) is 2.48. The molecule has 2 N–H and O–H groups in total. The van der Waals surface area contributed by atoms with Gasteiger partial charge in [-0.25, -0.2) is 0 Å². The molecule has 0 saturated carbocycles. The fourth-order valence-electron chi connectivity index (χ4n) is 3.25. The van der Waals surface area contributed by atoms with E-state index >= 15 is 0 Å². The number of carbonyl (C=O) groups is 2. The van der Waals surface area contributed by atoms with E-state index in [-0.39, 0.29) is 29.6 Å². The average Bonchev–Trinajstić information content (AvgIpc) is 3.14. The number of nitrogens with zero attached hydrogens (tertiary/aromatic N) is 2. The van der Waals surface area contributed by atoms with Crippen LogP contribution in [0.25, 0.3) is 0 Å². The fourth-order valence-corrected chi connectivity index (χ4v) is 3.25. The maximum absolute atomic E-state index is 12.6. The van der Waals surface area contributed by atoms with Crippen molar-refractivity contribution < 1.29 is 9.59 Å². The summed E-state index contributed by atoms with van der Waals surface area (Å²) in [6, 6.07) is 7.38. The molecule has 2 aliphatic rings. The van der Waals surface area contributed by atoms with E-state index < -0.39 is 0 Å². The van der Waals surface area contributed by atoms with Crippen LogP contribution < -0.4 is 10.6 Å². The summed E-state index contributed by atoms with van der Waals surface area (Å²) < 4.78 is 0. The Morgan fingerprint density at radius 1 is 1.26 bits per heavy atom. The molecule has 1 unspecified atom stereocenters. The molecule has 0 spiro atoms. The molecule has 0 radical (unpaired) electrons. The van der Waals surface area contributed by atoms with Crippen LogP contribution >= 0.6 is 12.4 Å². The number of carbonyl (C=O) groups excluding carboxylic acids is 2. The van der Waals surface area contributed by atoms with Crippen molar-refractivity contribution in [3.63, 3.8) is 0 Å². The zero-order valence-corrected chi connectivity index (χ0v) is 14.3. The molecule has 2 saturated heterocycles. The van der Waals surface area contributed by atoms with Gasteiger partial charge in [0.2, 0.25) is 5.91 Å². The third-order valence-electron chi connectivity index (χ3n) is 4.84. The molecule has 2 fully saturated rings. The molecule has 23 heavy (non-hydrogen) atoms. The summed E-state index contributed by atoms with van der Waals surface area (Å²) in [6.45, 7) is 4.98. The number of hydrogen-bond donors (Lipinski definition) is 1. The van der Waals surface area contributed by atoms with Gasteiger partial charge in [0.25, 0.3) is 5.91 Å². The van der Waals surface area contributed by atoms with Crippen molar-refractivity contribution in [1.29, 1.82) is 0 Å². The van der Waals surface area contributed by atoms with Gasteiger partial charge in [0, 0.05) is 37.3 Å². The number of nitrogens with two attached hydrogens (primary N) is 1. The minimum Gasteiger partial charge on any atom is -0.338 e. The summed E-state index contributed by atoms with van der Waals surface area (Å²) in [7, 11) is 0. The first-order valence-corrected chi connectivity index (χ1v) is 7.92. The Hall–Kier alpha value is -1.59. The predicted molar refractivity (Wildman–Crippen MR) is 93.0 cm³/mol. The van der Waals surface area contributed by atoms with Crippen molar-refractivity contribution >= 4 is 29.9 Å². The number of benzene rings is 1. The maximum Gasteiger partial charge on any atom is 0.253 e. The number of likely N-dealkylation sites (tertiary alicyclic amines) is 1. The second-order valence-corrected chi connectivity index (χ2v) is 6.69. The molecular formula is C17H24ClN3O2. The Morgan fingerprint density at radius 3 is 2.48 bits per heavy atom. The summed E-state index contributed by atoms with van der Waals surface area (Å²) >= 11 is 0. The van der Waals surface area contributed by atoms with Gasteiger partial charge in [-0.1, -0.05) is 6.92 Å². The van der Waals surface area contributed by atoms with E-state index in [9.17, 15) is 9.59 Å². The van der Waals surface area contributed by atoms with Crippen LogP contribution in [0.15, 0.2) is 24.3 Å². The lowest BCUT2D eigenvalue weighted by Crippen LogP contribution is -2.34. The lowest BCUT2D eigenvalue weighted by atomic mass is 9.90. The summed E-state index contributed by atoms with van der Waals surface area (Å²) in [5, 5.41) is 0. The molecule has 126 valence electrons. The van der Waals surface area contributed by atoms with E-state index in [2.05, 4.69) is 6.92 Å². The molecular weight excluding hydrogens is 314 g/mol. The summed E-state index contributed by atoms with van der Waals surface area (Å²) in [5.41, 5.74) is 7.39. The van der Waals surface area contributed by atoms with Crippen LogP contribution in [0.4, 0.5) is 5.69 Å². The van der Waals surface area contributed by atoms with Crippen molar-refractivity contribution in [2.24, 2.45) is 11.1 Å². The van der Waals surface area contributed by atoms with E-state index in [4.69, 9.17) is 5.73 Å². The zero-order chi connectivity index (χ0) is 15.7. The van der Waals surface area contributed by atoms with Crippen LogP contribution in [-0.2, 0) is 4.79 Å². The van der Waals surface area contributed by atoms with Gasteiger partial charge in [0.15, 0.2) is 0 Å². The lowest BCUT2D eigenvalue weighted by Gasteiger charge is -2.23. The molecule has 2 amide bonds. The molecule has 0 bridgehead atoms. The Labute approximate surface area is 143 Å². The first-order chi connectivity index (χ1) is 10.5. The lowest BCUT2D eigenvalue weighted by molar-refractivity contribution is -0.117. The average molecular weight is 338 g/mol. The van der Waals surface area contributed by atoms with Crippen LogP contribution in [0.5, 0.6) is 0 Å². The first-order valence-electron chi connectivity index (χ1n) is 7.92. The number of halogens is 1. The van der Waals surface area contributed by atoms with E-state index in [0.29, 0.717) is 25.1 Å². The highest BCUT2D eigenvalue weighted by atomic mass is 35.5. The maximum atomic E-state index is 12.6. The Morgan fingerprint density at radius 2 is 1.96 bits per heavy atom. The van der Waals surface area contributed by atoms with Gasteiger partial charge in [-0.05, 0) is 49.1 Å². The molecule has 1 aromatic rings. The van der Waals surface area contributed by atoms with Gasteiger partial charge >= 0.3 is 0 Å². The second-order valence-electron chi connectivity index (χ2n) is 6.69. The fraction of sp³-hybridized carbons (Fsp3) is 0.529. The molecule has 0 aromatic heterocycles. The van der Waals surface area contributed by atoms with Crippen molar-refractivity contribution in [2.75, 3.05) is 31.1 Å². The van der Waals surface area contributed by atoms with Crippen molar-refractivity contribution in [3.8, 4) is 0 Å². The van der Waals surface area contributed by atoms with Gasteiger partial charge in [-0.2, -0.15) is 0 Å². The van der Waals surface area contributed by atoms with Crippen LogP contribution in [0.3, 0.4) is 0 Å². The summed E-state index contributed by atoms with van der Waals surface area (Å²) in [4.78, 5) is 28.0. The van der Waals surface area contributed by atoms with Crippen LogP contribution in [0.1, 0.15) is 36.5 Å². The summed E-state index contributed by atoms with van der Waals surface area (Å²) in [5.74, 6) is 0.216. The highest BCUT2D eigenvalue weighted by Crippen LogP contribution is 2.30. The minimum atomic E-state index is 0. The normalized spacial score (nSPS) is 24.0. The molecule has 2 heterocycles. The number of anilines is 1. The third kappa shape index (κ3) is 3.51. The van der Waals surface area contributed by atoms with E-state index in [0.717, 1.165) is 31.6 Å². The standard InChI is InChI=1S/C17H23N3O2.ClH/c1-17(11-18)8-10-19(12-17)16(22)13-4-6-14(7-5-13)20-9-2-3-15(20)21;/h4-7H,2-3,8-12,18H2,1H3;1H. The molecule has 3 rings (SSSR count). The van der Waals surface area contributed by atoms with E-state index in [1.807, 2.05) is 29.2 Å². The van der Waals surface area contributed by atoms with E-state index in [1.54, 1.807) is 4.90 Å². The Balaban J connectivity index is 0.00000192. The van der Waals surface area contributed by atoms with Gasteiger partial charge in [0.05, 0.1) is 0 Å². The van der Waals surface area contributed by atoms with Gasteiger partial charge < -0.3 is 15.5 Å². The molecule has 6 heteroatoms. The van der Waals surface area contributed by atoms with Crippen LogP contribution in [0.2, 0.25) is 0 Å². The molecule has 2 aliphatic heterocycles. The van der Waals surface area contributed by atoms with Crippen molar-refractivity contribution in [2.45, 2.75) is 26.2 Å². The zero-order valence-electron chi connectivity index (χ0n) is 13.5. The van der Waals surface area contributed by atoms with Crippen LogP contribution in [-0.4, -0.2) is 42.9 Å². The highest BCUT2D eigenvalue weighted by Gasteiger charge is 2.35. The number of rotatable bonds is 3. The van der Waals surface area contributed by atoms with Crippen LogP contribution in [0, 0.1) is 5.41 Å². The topological polar surface area (TPSA) is 66.6 Å². The third-order valence-corrected chi connectivity index (χ3v) is 4.84.